The van der Waals surface area contributed by atoms with Gasteiger partial charge in [0, 0.05) is 17.5 Å². The summed E-state index contributed by atoms with van der Waals surface area (Å²) in [5, 5.41) is 0. The minimum absolute atomic E-state index is 0.446. The minimum atomic E-state index is 0.446. The van der Waals surface area contributed by atoms with E-state index < -0.39 is 0 Å². The van der Waals surface area contributed by atoms with Crippen LogP contribution in [-0.4, -0.2) is 11.8 Å². The highest BCUT2D eigenvalue weighted by Crippen LogP contribution is 2.48. The second-order valence-corrected chi connectivity index (χ2v) is 5.39. The molecule has 1 heteroatoms. The normalized spacial score (nSPS) is 39.2. The number of allylic oxidation sites excluding steroid dienone is 1. The fourth-order valence-corrected chi connectivity index (χ4v) is 2.68. The van der Waals surface area contributed by atoms with Gasteiger partial charge in [0.1, 0.15) is 0 Å². The molecule has 15 heavy (non-hydrogen) atoms. The minimum Gasteiger partial charge on any atom is -0.282 e. The molecule has 80 valence electrons. The van der Waals surface area contributed by atoms with E-state index >= 15 is 0 Å². The highest BCUT2D eigenvalue weighted by Gasteiger charge is 2.40. The van der Waals surface area contributed by atoms with Crippen molar-refractivity contribution in [3.8, 4) is 0 Å². The Balaban J connectivity index is 1.66. The Labute approximate surface area is 92.0 Å². The van der Waals surface area contributed by atoms with Gasteiger partial charge in [-0.15, -0.1) is 0 Å². The van der Waals surface area contributed by atoms with Crippen molar-refractivity contribution in [3.63, 3.8) is 0 Å². The maximum Gasteiger partial charge on any atom is 0.0935 e. The van der Waals surface area contributed by atoms with Gasteiger partial charge in [-0.1, -0.05) is 32.9 Å². The highest BCUT2D eigenvalue weighted by molar-refractivity contribution is 6.01. The van der Waals surface area contributed by atoms with E-state index in [-0.39, 0.29) is 0 Å². The molecule has 3 aliphatic carbocycles. The van der Waals surface area contributed by atoms with Crippen LogP contribution in [0.1, 0.15) is 33.6 Å². The van der Waals surface area contributed by atoms with E-state index in [1.54, 1.807) is 5.57 Å². The molecule has 3 aliphatic rings. The summed E-state index contributed by atoms with van der Waals surface area (Å²) >= 11 is 0. The first-order valence-corrected chi connectivity index (χ1v) is 6.21. The third-order valence-corrected chi connectivity index (χ3v) is 3.99. The van der Waals surface area contributed by atoms with Gasteiger partial charge in [0.15, 0.2) is 0 Å². The molecule has 0 saturated heterocycles. The molecule has 0 heterocycles. The maximum absolute atomic E-state index is 4.79. The Hall–Kier alpha value is -0.850. The quantitative estimate of drug-likeness (QED) is 0.664. The highest BCUT2D eigenvalue weighted by atomic mass is 14.9. The van der Waals surface area contributed by atoms with Crippen LogP contribution in [0.4, 0.5) is 0 Å². The van der Waals surface area contributed by atoms with Gasteiger partial charge in [-0.25, -0.2) is 0 Å². The molecule has 0 aromatic carbocycles. The van der Waals surface area contributed by atoms with Crippen LogP contribution >= 0.6 is 0 Å². The van der Waals surface area contributed by atoms with E-state index in [1.807, 2.05) is 0 Å². The average Bonchev–Trinajstić information content (AvgIpc) is 2.91. The topological polar surface area (TPSA) is 12.4 Å². The van der Waals surface area contributed by atoms with E-state index in [4.69, 9.17) is 4.99 Å². The average molecular weight is 201 g/mol. The number of aliphatic imine (C=N–C) groups is 1. The second kappa shape index (κ2) is 3.07. The van der Waals surface area contributed by atoms with Crippen LogP contribution in [-0.2, 0) is 0 Å². The molecule has 0 spiro atoms. The lowest BCUT2D eigenvalue weighted by Crippen LogP contribution is -2.34. The molecule has 1 fully saturated rings. The number of fused-ring (bicyclic) bond motifs is 1. The van der Waals surface area contributed by atoms with E-state index in [2.05, 4.69) is 32.9 Å². The zero-order chi connectivity index (χ0) is 10.6. The van der Waals surface area contributed by atoms with Crippen molar-refractivity contribution in [1.82, 2.24) is 0 Å². The van der Waals surface area contributed by atoms with Crippen LogP contribution in [0.25, 0.3) is 0 Å². The summed E-state index contributed by atoms with van der Waals surface area (Å²) in [5.41, 5.74) is 4.59. The van der Waals surface area contributed by atoms with Crippen molar-refractivity contribution in [1.29, 1.82) is 0 Å². The van der Waals surface area contributed by atoms with E-state index in [1.165, 1.54) is 24.1 Å². The summed E-state index contributed by atoms with van der Waals surface area (Å²) in [7, 11) is 0. The molecule has 3 unspecified atom stereocenters. The first-order chi connectivity index (χ1) is 7.20. The monoisotopic (exact) mass is 201 g/mol. The Morgan fingerprint density at radius 2 is 2.13 bits per heavy atom. The molecule has 0 bridgehead atoms. The molecule has 0 aromatic heterocycles. The number of nitrogens with zero attached hydrogens (tertiary/aromatic N) is 1. The SMILES string of the molecule is CCC1CC1=NC1C=C2C1=CC2C(C)C. The molecule has 3 rings (SSSR count). The molecule has 0 N–H and O–H groups in total. The lowest BCUT2D eigenvalue weighted by atomic mass is 9.65. The Bertz CT molecular complexity index is 384. The zero-order valence-electron chi connectivity index (χ0n) is 9.83. The first-order valence-electron chi connectivity index (χ1n) is 6.21. The van der Waals surface area contributed by atoms with Crippen LogP contribution in [0.3, 0.4) is 0 Å². The van der Waals surface area contributed by atoms with Gasteiger partial charge in [-0.05, 0) is 29.9 Å². The van der Waals surface area contributed by atoms with Gasteiger partial charge < -0.3 is 0 Å². The smallest absolute Gasteiger partial charge is 0.0935 e. The molecule has 3 atom stereocenters. The summed E-state index contributed by atoms with van der Waals surface area (Å²) in [4.78, 5) is 4.79. The summed E-state index contributed by atoms with van der Waals surface area (Å²) in [6.07, 6.45) is 7.34. The molecular weight excluding hydrogens is 182 g/mol. The zero-order valence-corrected chi connectivity index (χ0v) is 9.83. The van der Waals surface area contributed by atoms with Gasteiger partial charge >= 0.3 is 0 Å². The number of hydrogen-bond acceptors (Lipinski definition) is 1. The number of rotatable bonds is 3. The van der Waals surface area contributed by atoms with Crippen LogP contribution in [0.5, 0.6) is 0 Å². The standard InChI is InChI=1S/C14H19N/c1-4-9-5-13(9)15-14-7-11-10(8(2)3)6-12(11)14/h6-10,14H,4-5H2,1-3H3. The van der Waals surface area contributed by atoms with Crippen LogP contribution in [0, 0.1) is 17.8 Å². The van der Waals surface area contributed by atoms with Crippen LogP contribution in [0.2, 0.25) is 0 Å². The molecule has 0 aromatic rings. The predicted octanol–water partition coefficient (Wildman–Crippen LogP) is 3.38. The van der Waals surface area contributed by atoms with Gasteiger partial charge in [0.05, 0.1) is 6.04 Å². The third-order valence-electron chi connectivity index (χ3n) is 3.99. The van der Waals surface area contributed by atoms with Crippen molar-refractivity contribution in [3.05, 3.63) is 23.3 Å². The van der Waals surface area contributed by atoms with Crippen molar-refractivity contribution in [2.24, 2.45) is 22.7 Å². The number of hydrogen-bond donors (Lipinski definition) is 0. The van der Waals surface area contributed by atoms with E-state index in [9.17, 15) is 0 Å². The fourth-order valence-electron chi connectivity index (χ4n) is 2.68. The summed E-state index contributed by atoms with van der Waals surface area (Å²) in [6.45, 7) is 6.85. The lowest BCUT2D eigenvalue weighted by Gasteiger charge is -2.42. The van der Waals surface area contributed by atoms with Gasteiger partial charge in [-0.2, -0.15) is 0 Å². The van der Waals surface area contributed by atoms with Gasteiger partial charge in [0.2, 0.25) is 0 Å². The van der Waals surface area contributed by atoms with E-state index in [0.717, 1.165) is 17.8 Å². The van der Waals surface area contributed by atoms with Crippen LogP contribution in [0.15, 0.2) is 28.3 Å². The van der Waals surface area contributed by atoms with Gasteiger partial charge in [0.25, 0.3) is 0 Å². The van der Waals surface area contributed by atoms with Crippen molar-refractivity contribution in [2.45, 2.75) is 39.7 Å². The summed E-state index contributed by atoms with van der Waals surface area (Å²) in [6, 6.07) is 0.446. The van der Waals surface area contributed by atoms with E-state index in [0.29, 0.717) is 6.04 Å². The van der Waals surface area contributed by atoms with Crippen molar-refractivity contribution < 1.29 is 0 Å². The fraction of sp³-hybridized carbons (Fsp3) is 0.643. The second-order valence-electron chi connectivity index (χ2n) is 5.39. The summed E-state index contributed by atoms with van der Waals surface area (Å²) in [5.74, 6) is 2.32. The van der Waals surface area contributed by atoms with Gasteiger partial charge in [-0.3, -0.25) is 4.99 Å². The largest absolute Gasteiger partial charge is 0.282 e. The predicted molar refractivity (Wildman–Crippen MR) is 64.1 cm³/mol. The molecule has 0 radical (unpaired) electrons. The molecule has 1 saturated carbocycles. The first kappa shape index (κ1) is 9.38. The van der Waals surface area contributed by atoms with Crippen LogP contribution < -0.4 is 0 Å². The van der Waals surface area contributed by atoms with Crippen molar-refractivity contribution in [2.75, 3.05) is 0 Å². The Morgan fingerprint density at radius 3 is 2.60 bits per heavy atom. The Kier molecular flexibility index (Phi) is 1.92. The maximum atomic E-state index is 4.79. The third kappa shape index (κ3) is 1.32. The molecule has 0 aliphatic heterocycles. The lowest BCUT2D eigenvalue weighted by molar-refractivity contribution is 0.475. The molecular formula is C14H19N. The molecule has 0 amide bonds. The Morgan fingerprint density at radius 1 is 1.33 bits per heavy atom. The van der Waals surface area contributed by atoms with Crippen molar-refractivity contribution >= 4 is 5.71 Å². The molecule has 1 nitrogen and oxygen atoms in total. The summed E-state index contributed by atoms with van der Waals surface area (Å²) < 4.78 is 0.